The number of carboxylic acids is 1. The molecule has 3 nitrogen and oxygen atoms in total. The maximum atomic E-state index is 10.9. The van der Waals surface area contributed by atoms with Gasteiger partial charge in [0.2, 0.25) is 0 Å². The zero-order valence-electron chi connectivity index (χ0n) is 9.33. The van der Waals surface area contributed by atoms with Crippen molar-refractivity contribution >= 4 is 28.1 Å². The van der Waals surface area contributed by atoms with Gasteiger partial charge in [-0.05, 0) is 23.6 Å². The molecule has 0 spiro atoms. The van der Waals surface area contributed by atoms with Gasteiger partial charge in [-0.3, -0.25) is 4.98 Å². The van der Waals surface area contributed by atoms with Gasteiger partial charge in [0, 0.05) is 28.2 Å². The molecule has 0 aliphatic heterocycles. The van der Waals surface area contributed by atoms with Crippen molar-refractivity contribution in [1.29, 1.82) is 0 Å². The molecule has 4 heteroatoms. The van der Waals surface area contributed by atoms with Crippen LogP contribution in [0.1, 0.15) is 9.67 Å². The van der Waals surface area contributed by atoms with Crippen LogP contribution in [0.2, 0.25) is 0 Å². The number of carbonyl (C=O) groups is 1. The second-order valence-corrected chi connectivity index (χ2v) is 4.96. The molecule has 1 N–H and O–H groups in total. The zero-order chi connectivity index (χ0) is 12.5. The molecule has 0 unspecified atom stereocenters. The number of aromatic carboxylic acids is 1. The van der Waals surface area contributed by atoms with Crippen molar-refractivity contribution in [1.82, 2.24) is 4.98 Å². The minimum Gasteiger partial charge on any atom is -0.477 e. The molecule has 2 aromatic heterocycles. The lowest BCUT2D eigenvalue weighted by Gasteiger charge is -2.03. The molecule has 3 aromatic rings. The summed E-state index contributed by atoms with van der Waals surface area (Å²) in [4.78, 5) is 16.3. The standard InChI is InChI=1S/C14H9NO2S/c16-14(17)13-5-4-12(18-13)10-3-1-2-9-6-7-15-8-11(9)10/h1-8H,(H,16,17). The van der Waals surface area contributed by atoms with E-state index < -0.39 is 5.97 Å². The Hall–Kier alpha value is -2.20. The second kappa shape index (κ2) is 4.23. The highest BCUT2D eigenvalue weighted by molar-refractivity contribution is 7.17. The van der Waals surface area contributed by atoms with Crippen LogP contribution in [0.25, 0.3) is 21.2 Å². The minimum absolute atomic E-state index is 0.353. The molecule has 0 atom stereocenters. The van der Waals surface area contributed by atoms with Gasteiger partial charge in [-0.25, -0.2) is 4.79 Å². The predicted octanol–water partition coefficient (Wildman–Crippen LogP) is 3.66. The Morgan fingerprint density at radius 2 is 2.06 bits per heavy atom. The average molecular weight is 255 g/mol. The van der Waals surface area contributed by atoms with Crippen molar-refractivity contribution in [2.75, 3.05) is 0 Å². The van der Waals surface area contributed by atoms with Crippen molar-refractivity contribution in [2.45, 2.75) is 0 Å². The molecule has 18 heavy (non-hydrogen) atoms. The Morgan fingerprint density at radius 1 is 1.17 bits per heavy atom. The van der Waals surface area contributed by atoms with E-state index in [0.29, 0.717) is 4.88 Å². The summed E-state index contributed by atoms with van der Waals surface area (Å²) in [5.41, 5.74) is 1.03. The van der Waals surface area contributed by atoms with Crippen molar-refractivity contribution < 1.29 is 9.90 Å². The van der Waals surface area contributed by atoms with Crippen LogP contribution >= 0.6 is 11.3 Å². The summed E-state index contributed by atoms with van der Waals surface area (Å²) in [6.07, 6.45) is 3.56. The molecular weight excluding hydrogens is 246 g/mol. The SMILES string of the molecule is O=C(O)c1ccc(-c2cccc3ccncc23)s1. The third kappa shape index (κ3) is 1.76. The molecule has 0 radical (unpaired) electrons. The number of nitrogens with zero attached hydrogens (tertiary/aromatic N) is 1. The Bertz CT molecular complexity index is 728. The highest BCUT2D eigenvalue weighted by Gasteiger charge is 2.10. The maximum Gasteiger partial charge on any atom is 0.345 e. The maximum absolute atomic E-state index is 10.9. The van der Waals surface area contributed by atoms with Crippen molar-refractivity contribution in [2.24, 2.45) is 0 Å². The molecule has 0 saturated carbocycles. The first-order chi connectivity index (χ1) is 8.75. The summed E-state index contributed by atoms with van der Waals surface area (Å²) >= 11 is 1.28. The first kappa shape index (κ1) is 10.9. The summed E-state index contributed by atoms with van der Waals surface area (Å²) in [5, 5.41) is 11.1. The topological polar surface area (TPSA) is 50.2 Å². The summed E-state index contributed by atoms with van der Waals surface area (Å²) < 4.78 is 0. The number of pyridine rings is 1. The van der Waals surface area contributed by atoms with Gasteiger partial charge in [-0.15, -0.1) is 11.3 Å². The van der Waals surface area contributed by atoms with Crippen LogP contribution in [0.15, 0.2) is 48.8 Å². The molecule has 0 bridgehead atoms. The van der Waals surface area contributed by atoms with E-state index in [-0.39, 0.29) is 0 Å². The van der Waals surface area contributed by atoms with Crippen LogP contribution < -0.4 is 0 Å². The summed E-state index contributed by atoms with van der Waals surface area (Å²) in [7, 11) is 0. The smallest absolute Gasteiger partial charge is 0.345 e. The fourth-order valence-corrected chi connectivity index (χ4v) is 2.81. The van der Waals surface area contributed by atoms with Crippen molar-refractivity contribution in [3.05, 3.63) is 53.7 Å². The van der Waals surface area contributed by atoms with E-state index in [9.17, 15) is 4.79 Å². The highest BCUT2D eigenvalue weighted by Crippen LogP contribution is 2.33. The zero-order valence-corrected chi connectivity index (χ0v) is 10.1. The van der Waals surface area contributed by atoms with E-state index in [1.54, 1.807) is 12.3 Å². The van der Waals surface area contributed by atoms with Gasteiger partial charge in [0.25, 0.3) is 0 Å². The summed E-state index contributed by atoms with van der Waals surface area (Å²) in [5.74, 6) is -0.885. The monoisotopic (exact) mass is 255 g/mol. The lowest BCUT2D eigenvalue weighted by molar-refractivity contribution is 0.0702. The van der Waals surface area contributed by atoms with Gasteiger partial charge in [-0.2, -0.15) is 0 Å². The van der Waals surface area contributed by atoms with E-state index in [4.69, 9.17) is 5.11 Å². The summed E-state index contributed by atoms with van der Waals surface area (Å²) in [6.45, 7) is 0. The number of fused-ring (bicyclic) bond motifs is 1. The normalized spacial score (nSPS) is 10.7. The fourth-order valence-electron chi connectivity index (χ4n) is 1.93. The van der Waals surface area contributed by atoms with Crippen molar-refractivity contribution in [3.8, 4) is 10.4 Å². The van der Waals surface area contributed by atoms with Gasteiger partial charge in [0.15, 0.2) is 0 Å². The predicted molar refractivity (Wildman–Crippen MR) is 72.0 cm³/mol. The van der Waals surface area contributed by atoms with Gasteiger partial charge in [-0.1, -0.05) is 18.2 Å². The molecular formula is C14H9NO2S. The number of rotatable bonds is 2. The Morgan fingerprint density at radius 3 is 2.83 bits per heavy atom. The van der Waals surface area contributed by atoms with Crippen molar-refractivity contribution in [3.63, 3.8) is 0 Å². The number of hydrogen-bond donors (Lipinski definition) is 1. The average Bonchev–Trinajstić information content (AvgIpc) is 2.87. The van der Waals surface area contributed by atoms with E-state index in [1.165, 1.54) is 11.3 Å². The quantitative estimate of drug-likeness (QED) is 0.760. The molecule has 2 heterocycles. The first-order valence-electron chi connectivity index (χ1n) is 5.42. The second-order valence-electron chi connectivity index (χ2n) is 3.87. The fraction of sp³-hybridized carbons (Fsp3) is 0. The van der Waals surface area contributed by atoms with Crippen LogP contribution in [0.3, 0.4) is 0 Å². The van der Waals surface area contributed by atoms with Crippen LogP contribution in [0.4, 0.5) is 0 Å². The molecule has 88 valence electrons. The molecule has 1 aromatic carbocycles. The minimum atomic E-state index is -0.885. The molecule has 0 amide bonds. The van der Waals surface area contributed by atoms with E-state index in [1.807, 2.05) is 36.5 Å². The Labute approximate surface area is 107 Å². The summed E-state index contributed by atoms with van der Waals surface area (Å²) in [6, 6.07) is 11.4. The number of carboxylic acid groups (broad SMARTS) is 1. The molecule has 3 rings (SSSR count). The number of hydrogen-bond acceptors (Lipinski definition) is 3. The van der Waals surface area contributed by atoms with Gasteiger partial charge >= 0.3 is 5.97 Å². The van der Waals surface area contributed by atoms with E-state index >= 15 is 0 Å². The van der Waals surface area contributed by atoms with E-state index in [2.05, 4.69) is 4.98 Å². The lowest BCUT2D eigenvalue weighted by atomic mass is 10.1. The van der Waals surface area contributed by atoms with Crippen LogP contribution in [0.5, 0.6) is 0 Å². The third-order valence-electron chi connectivity index (χ3n) is 2.77. The number of benzene rings is 1. The van der Waals surface area contributed by atoms with Crippen LogP contribution in [0, 0.1) is 0 Å². The van der Waals surface area contributed by atoms with Crippen LogP contribution in [-0.2, 0) is 0 Å². The Kier molecular flexibility index (Phi) is 2.57. The Balaban J connectivity index is 2.21. The van der Waals surface area contributed by atoms with Crippen LogP contribution in [-0.4, -0.2) is 16.1 Å². The molecule has 0 aliphatic rings. The van der Waals surface area contributed by atoms with Gasteiger partial charge in [0.1, 0.15) is 4.88 Å². The molecule has 0 saturated heterocycles. The van der Waals surface area contributed by atoms with Gasteiger partial charge < -0.3 is 5.11 Å². The lowest BCUT2D eigenvalue weighted by Crippen LogP contribution is -1.89. The molecule has 0 fully saturated rings. The van der Waals surface area contributed by atoms with E-state index in [0.717, 1.165) is 21.2 Å². The third-order valence-corrected chi connectivity index (χ3v) is 3.87. The number of aromatic nitrogens is 1. The molecule has 0 aliphatic carbocycles. The largest absolute Gasteiger partial charge is 0.477 e. The van der Waals surface area contributed by atoms with Gasteiger partial charge in [0.05, 0.1) is 0 Å². The highest BCUT2D eigenvalue weighted by atomic mass is 32.1. The first-order valence-corrected chi connectivity index (χ1v) is 6.23. The number of thiophene rings is 1.